The van der Waals surface area contributed by atoms with Crippen molar-refractivity contribution in [3.8, 4) is 6.07 Å². The Labute approximate surface area is 125 Å². The lowest BCUT2D eigenvalue weighted by Crippen LogP contribution is -2.22. The molecule has 0 fully saturated rings. The second kappa shape index (κ2) is 5.98. The number of Topliss-reactive ketones (excluding diaryl/α,β-unsaturated/α-hetero) is 2. The average molecular weight is 301 g/mol. The minimum atomic E-state index is -1.44. The Morgan fingerprint density at radius 1 is 1.19 bits per heavy atom. The molecule has 0 saturated carbocycles. The molecule has 0 aliphatic heterocycles. The first-order valence-corrected chi connectivity index (χ1v) is 7.06. The van der Waals surface area contributed by atoms with Crippen molar-refractivity contribution < 1.29 is 14.0 Å². The zero-order chi connectivity index (χ0) is 15.6. The highest BCUT2D eigenvalue weighted by Crippen LogP contribution is 2.22. The molecule has 1 atom stereocenters. The van der Waals surface area contributed by atoms with Crippen LogP contribution in [0.4, 0.5) is 4.39 Å². The normalized spacial score (nSPS) is 11.7. The summed E-state index contributed by atoms with van der Waals surface area (Å²) in [5, 5.41) is 9.14. The number of ketones is 2. The van der Waals surface area contributed by atoms with Crippen molar-refractivity contribution in [1.82, 2.24) is 0 Å². The van der Waals surface area contributed by atoms with Gasteiger partial charge in [0, 0.05) is 10.4 Å². The first-order valence-electron chi connectivity index (χ1n) is 6.24. The summed E-state index contributed by atoms with van der Waals surface area (Å²) in [6.07, 6.45) is 0. The smallest absolute Gasteiger partial charge is 0.197 e. The number of rotatable bonds is 4. The van der Waals surface area contributed by atoms with Gasteiger partial charge in [-0.15, -0.1) is 11.3 Å². The summed E-state index contributed by atoms with van der Waals surface area (Å²) in [7, 11) is 0. The Bertz CT molecular complexity index is 758. The molecule has 2 rings (SSSR count). The fraction of sp³-hybridized carbons (Fsp3) is 0.188. The summed E-state index contributed by atoms with van der Waals surface area (Å²) >= 11 is 1.23. The van der Waals surface area contributed by atoms with Crippen molar-refractivity contribution in [2.24, 2.45) is 5.92 Å². The maximum atomic E-state index is 13.5. The monoisotopic (exact) mass is 301 g/mol. The summed E-state index contributed by atoms with van der Waals surface area (Å²) in [5.41, 5.74) is 0.437. The van der Waals surface area contributed by atoms with E-state index in [1.54, 1.807) is 25.1 Å². The Kier molecular flexibility index (Phi) is 4.29. The van der Waals surface area contributed by atoms with Crippen LogP contribution in [0.3, 0.4) is 0 Å². The highest BCUT2D eigenvalue weighted by Gasteiger charge is 2.29. The van der Waals surface area contributed by atoms with Gasteiger partial charge in [-0.1, -0.05) is 12.1 Å². The molecule has 0 aliphatic rings. The quantitative estimate of drug-likeness (QED) is 0.639. The number of carbonyl (C=O) groups is 2. The molecule has 1 aromatic heterocycles. The standard InChI is InChI=1S/C16H12FNO2S/c1-9-3-5-11(7-13(9)17)15(19)12(8-18)16(20)14-6-4-10(2)21-14/h3-7,12H,1-2H3/t12-/m0/s1. The second-order valence-electron chi connectivity index (χ2n) is 4.66. The van der Waals surface area contributed by atoms with Crippen LogP contribution in [0, 0.1) is 36.9 Å². The van der Waals surface area contributed by atoms with Gasteiger partial charge >= 0.3 is 0 Å². The molecule has 21 heavy (non-hydrogen) atoms. The average Bonchev–Trinajstić information content (AvgIpc) is 2.89. The van der Waals surface area contributed by atoms with Crippen LogP contribution in [0.25, 0.3) is 0 Å². The largest absolute Gasteiger partial charge is 0.292 e. The van der Waals surface area contributed by atoms with E-state index in [2.05, 4.69) is 0 Å². The van der Waals surface area contributed by atoms with E-state index in [0.717, 1.165) is 10.9 Å². The van der Waals surface area contributed by atoms with Crippen LogP contribution in [-0.4, -0.2) is 11.6 Å². The third-order valence-corrected chi connectivity index (χ3v) is 4.11. The molecular formula is C16H12FNO2S. The number of benzene rings is 1. The van der Waals surface area contributed by atoms with E-state index >= 15 is 0 Å². The van der Waals surface area contributed by atoms with Gasteiger partial charge in [-0.2, -0.15) is 5.26 Å². The molecule has 0 N–H and O–H groups in total. The van der Waals surface area contributed by atoms with Crippen molar-refractivity contribution in [2.75, 3.05) is 0 Å². The molecular weight excluding hydrogens is 289 g/mol. The van der Waals surface area contributed by atoms with Crippen LogP contribution < -0.4 is 0 Å². The maximum Gasteiger partial charge on any atom is 0.197 e. The summed E-state index contributed by atoms with van der Waals surface area (Å²) in [4.78, 5) is 25.8. The Morgan fingerprint density at radius 3 is 2.43 bits per heavy atom. The molecule has 0 amide bonds. The number of nitriles is 1. The Balaban J connectivity index is 2.33. The van der Waals surface area contributed by atoms with Gasteiger partial charge in [-0.05, 0) is 37.6 Å². The van der Waals surface area contributed by atoms with E-state index in [1.165, 1.54) is 23.5 Å². The molecule has 5 heteroatoms. The molecule has 0 bridgehead atoms. The van der Waals surface area contributed by atoms with Crippen molar-refractivity contribution in [3.05, 3.63) is 57.0 Å². The molecule has 0 aliphatic carbocycles. The van der Waals surface area contributed by atoms with Gasteiger partial charge in [-0.25, -0.2) is 4.39 Å². The van der Waals surface area contributed by atoms with Crippen molar-refractivity contribution in [2.45, 2.75) is 13.8 Å². The van der Waals surface area contributed by atoms with Gasteiger partial charge in [0.05, 0.1) is 10.9 Å². The predicted octanol–water partition coefficient (Wildman–Crippen LogP) is 3.71. The van der Waals surface area contributed by atoms with Crippen LogP contribution >= 0.6 is 11.3 Å². The predicted molar refractivity (Wildman–Crippen MR) is 78.0 cm³/mol. The maximum absolute atomic E-state index is 13.5. The Morgan fingerprint density at radius 2 is 1.90 bits per heavy atom. The Hall–Kier alpha value is -2.32. The number of hydrogen-bond acceptors (Lipinski definition) is 4. The fourth-order valence-corrected chi connectivity index (χ4v) is 2.70. The number of carbonyl (C=O) groups excluding carboxylic acids is 2. The molecule has 0 saturated heterocycles. The number of nitrogens with zero attached hydrogens (tertiary/aromatic N) is 1. The van der Waals surface area contributed by atoms with E-state index in [4.69, 9.17) is 5.26 Å². The van der Waals surface area contributed by atoms with Crippen LogP contribution in [-0.2, 0) is 0 Å². The number of halogens is 1. The van der Waals surface area contributed by atoms with E-state index in [1.807, 2.05) is 6.92 Å². The van der Waals surface area contributed by atoms with Gasteiger partial charge in [0.25, 0.3) is 0 Å². The van der Waals surface area contributed by atoms with E-state index in [0.29, 0.717) is 10.4 Å². The lowest BCUT2D eigenvalue weighted by Gasteiger charge is -2.07. The van der Waals surface area contributed by atoms with E-state index in [9.17, 15) is 14.0 Å². The number of aryl methyl sites for hydroxylation is 2. The van der Waals surface area contributed by atoms with Crippen LogP contribution in [0.15, 0.2) is 30.3 Å². The van der Waals surface area contributed by atoms with Gasteiger partial charge in [0.1, 0.15) is 5.82 Å². The van der Waals surface area contributed by atoms with Gasteiger partial charge < -0.3 is 0 Å². The topological polar surface area (TPSA) is 57.9 Å². The van der Waals surface area contributed by atoms with Gasteiger partial charge in [-0.3, -0.25) is 9.59 Å². The first kappa shape index (κ1) is 15.1. The molecule has 3 nitrogen and oxygen atoms in total. The molecule has 0 unspecified atom stereocenters. The van der Waals surface area contributed by atoms with Gasteiger partial charge in [0.2, 0.25) is 0 Å². The summed E-state index contributed by atoms with van der Waals surface area (Å²) in [6.45, 7) is 3.41. The first-order chi connectivity index (χ1) is 9.93. The van der Waals surface area contributed by atoms with Crippen molar-refractivity contribution in [1.29, 1.82) is 5.26 Å². The van der Waals surface area contributed by atoms with Crippen molar-refractivity contribution >= 4 is 22.9 Å². The second-order valence-corrected chi connectivity index (χ2v) is 5.95. The SMILES string of the molecule is Cc1ccc(C(=O)[C@@H](C#N)C(=O)c2ccc(C)c(F)c2)s1. The minimum Gasteiger partial charge on any atom is -0.292 e. The molecule has 1 heterocycles. The zero-order valence-corrected chi connectivity index (χ0v) is 12.3. The number of hydrogen-bond donors (Lipinski definition) is 0. The van der Waals surface area contributed by atoms with Crippen LogP contribution in [0.5, 0.6) is 0 Å². The van der Waals surface area contributed by atoms with E-state index < -0.39 is 23.3 Å². The zero-order valence-electron chi connectivity index (χ0n) is 11.5. The van der Waals surface area contributed by atoms with Crippen LogP contribution in [0.2, 0.25) is 0 Å². The summed E-state index contributed by atoms with van der Waals surface area (Å²) in [6, 6.07) is 9.02. The lowest BCUT2D eigenvalue weighted by molar-refractivity contribution is 0.0848. The summed E-state index contributed by atoms with van der Waals surface area (Å²) < 4.78 is 13.5. The minimum absolute atomic E-state index is 0.0336. The van der Waals surface area contributed by atoms with E-state index in [-0.39, 0.29) is 5.56 Å². The van der Waals surface area contributed by atoms with Crippen molar-refractivity contribution in [3.63, 3.8) is 0 Å². The lowest BCUT2D eigenvalue weighted by atomic mass is 9.93. The molecule has 0 radical (unpaired) electrons. The van der Waals surface area contributed by atoms with Gasteiger partial charge in [0.15, 0.2) is 17.5 Å². The molecule has 2 aromatic rings. The third kappa shape index (κ3) is 3.06. The third-order valence-electron chi connectivity index (χ3n) is 3.09. The summed E-state index contributed by atoms with van der Waals surface area (Å²) in [5.74, 6) is -3.18. The highest BCUT2D eigenvalue weighted by molar-refractivity contribution is 7.14. The molecule has 106 valence electrons. The highest BCUT2D eigenvalue weighted by atomic mass is 32.1. The fourth-order valence-electron chi connectivity index (χ4n) is 1.86. The molecule has 1 aromatic carbocycles. The number of thiophene rings is 1. The van der Waals surface area contributed by atoms with Crippen LogP contribution in [0.1, 0.15) is 30.5 Å². The molecule has 0 spiro atoms.